The molecule has 7 rings (SSSR count). The maximum Gasteiger partial charge on any atom is 0.231 e. The smallest absolute Gasteiger partial charge is 0.231 e. The average molecular weight is 502 g/mol. The largest absolute Gasteiger partial charge is 0.353 e. The molecule has 0 atom stereocenters. The van der Waals surface area contributed by atoms with Gasteiger partial charge in [0.2, 0.25) is 5.95 Å². The van der Waals surface area contributed by atoms with E-state index in [2.05, 4.69) is 29.5 Å². The van der Waals surface area contributed by atoms with Gasteiger partial charge < -0.3 is 9.80 Å². The maximum absolute atomic E-state index is 14.6. The summed E-state index contributed by atoms with van der Waals surface area (Å²) >= 11 is 6.31. The van der Waals surface area contributed by atoms with Crippen molar-refractivity contribution in [3.05, 3.63) is 58.5 Å². The van der Waals surface area contributed by atoms with Crippen LogP contribution in [0.4, 0.5) is 24.9 Å². The zero-order valence-corrected chi connectivity index (χ0v) is 19.6. The highest BCUT2D eigenvalue weighted by Gasteiger charge is 2.54. The normalized spacial score (nSPS) is 21.7. The minimum Gasteiger partial charge on any atom is -0.353 e. The van der Waals surface area contributed by atoms with Gasteiger partial charge in [-0.15, -0.1) is 10.2 Å². The van der Waals surface area contributed by atoms with E-state index >= 15 is 0 Å². The molecule has 0 amide bonds. The summed E-state index contributed by atoms with van der Waals surface area (Å²) in [7, 11) is 0. The fourth-order valence-corrected chi connectivity index (χ4v) is 5.92. The van der Waals surface area contributed by atoms with Gasteiger partial charge in [0, 0.05) is 55.8 Å². The van der Waals surface area contributed by atoms with E-state index < -0.39 is 17.3 Å². The number of hydrogen-bond donors (Lipinski definition) is 0. The Morgan fingerprint density at radius 3 is 2.49 bits per heavy atom. The number of rotatable bonds is 4. The number of hydrogen-bond acceptors (Lipinski definition) is 6. The lowest BCUT2D eigenvalue weighted by Gasteiger charge is -2.60. The molecule has 0 radical (unpaired) electrons. The van der Waals surface area contributed by atoms with Gasteiger partial charge in [-0.2, -0.15) is 0 Å². The number of pyridine rings is 1. The summed E-state index contributed by atoms with van der Waals surface area (Å²) in [6.07, 6.45) is 2.25. The van der Waals surface area contributed by atoms with Crippen molar-refractivity contribution in [1.82, 2.24) is 24.6 Å². The van der Waals surface area contributed by atoms with Crippen LogP contribution in [0.25, 0.3) is 5.69 Å². The molecule has 182 valence electrons. The Morgan fingerprint density at radius 1 is 0.971 bits per heavy atom. The molecule has 0 unspecified atom stereocenters. The molecule has 0 N–H and O–H groups in total. The van der Waals surface area contributed by atoms with Crippen molar-refractivity contribution in [2.24, 2.45) is 5.41 Å². The van der Waals surface area contributed by atoms with Gasteiger partial charge in [0.25, 0.3) is 0 Å². The second kappa shape index (κ2) is 7.33. The van der Waals surface area contributed by atoms with Gasteiger partial charge in [0.1, 0.15) is 11.5 Å². The van der Waals surface area contributed by atoms with Crippen LogP contribution in [0.2, 0.25) is 5.02 Å². The minimum atomic E-state index is -1.10. The van der Waals surface area contributed by atoms with Crippen molar-refractivity contribution in [1.29, 1.82) is 0 Å². The number of nitrogens with zero attached hydrogens (tertiary/aromatic N) is 7. The molecule has 0 bridgehead atoms. The highest BCUT2D eigenvalue weighted by molar-refractivity contribution is 6.30. The van der Waals surface area contributed by atoms with Gasteiger partial charge in [-0.1, -0.05) is 11.6 Å². The molecule has 3 aromatic rings. The number of fused-ring (bicyclic) bond motifs is 3. The predicted molar refractivity (Wildman–Crippen MR) is 125 cm³/mol. The van der Waals surface area contributed by atoms with Crippen LogP contribution in [0, 0.1) is 17.0 Å². The van der Waals surface area contributed by atoms with Crippen LogP contribution in [-0.2, 0) is 13.1 Å². The highest BCUT2D eigenvalue weighted by atomic mass is 35.5. The van der Waals surface area contributed by atoms with E-state index in [1.54, 1.807) is 0 Å². The third-order valence-corrected chi connectivity index (χ3v) is 7.76. The lowest BCUT2D eigenvalue weighted by Crippen LogP contribution is -2.73. The van der Waals surface area contributed by atoms with E-state index in [1.165, 1.54) is 0 Å². The van der Waals surface area contributed by atoms with Crippen LogP contribution in [-0.4, -0.2) is 63.0 Å². The Kier molecular flexibility index (Phi) is 4.49. The Balaban J connectivity index is 1.13. The molecule has 1 saturated carbocycles. The fourth-order valence-electron chi connectivity index (χ4n) is 5.72. The van der Waals surface area contributed by atoms with Gasteiger partial charge in [0.15, 0.2) is 17.5 Å². The number of alkyl halides is 1. The van der Waals surface area contributed by atoms with Crippen LogP contribution in [0.1, 0.15) is 24.2 Å². The first-order valence-corrected chi connectivity index (χ1v) is 12.1. The molecule has 3 fully saturated rings. The monoisotopic (exact) mass is 501 g/mol. The standard InChI is InChI=1S/C24H23ClF3N7/c25-16-1-2-19-15(5-16)8-32(14-24(28)3-4-24)9-20-30-31-22(35(19)20)34-12-23(13-34)10-33(11-23)21-18(27)6-17(26)7-29-21/h1-2,5-7H,3-4,8-14H2. The average Bonchev–Trinajstić information content (AvgIpc) is 3.37. The Morgan fingerprint density at radius 2 is 1.74 bits per heavy atom. The molecule has 3 aliphatic heterocycles. The Labute approximate surface area is 205 Å². The lowest BCUT2D eigenvalue weighted by molar-refractivity contribution is 0.152. The molecule has 2 aromatic heterocycles. The van der Waals surface area contributed by atoms with Crippen LogP contribution < -0.4 is 9.80 Å². The molecule has 4 aliphatic rings. The second-order valence-corrected chi connectivity index (χ2v) is 10.9. The van der Waals surface area contributed by atoms with Gasteiger partial charge in [-0.05, 0) is 36.6 Å². The summed E-state index contributed by atoms with van der Waals surface area (Å²) in [6, 6.07) is 6.63. The molecule has 35 heavy (non-hydrogen) atoms. The van der Waals surface area contributed by atoms with E-state index in [0.29, 0.717) is 50.6 Å². The zero-order valence-electron chi connectivity index (χ0n) is 18.9. The molecular formula is C24H23ClF3N7. The van der Waals surface area contributed by atoms with Crippen molar-refractivity contribution in [2.45, 2.75) is 31.6 Å². The fraction of sp³-hybridized carbons (Fsp3) is 0.458. The van der Waals surface area contributed by atoms with E-state index in [-0.39, 0.29) is 11.2 Å². The van der Waals surface area contributed by atoms with Crippen LogP contribution in [0.5, 0.6) is 0 Å². The third-order valence-electron chi connectivity index (χ3n) is 7.53. The molecule has 11 heteroatoms. The molecule has 5 heterocycles. The molecule has 2 saturated heterocycles. The van der Waals surface area contributed by atoms with Gasteiger partial charge >= 0.3 is 0 Å². The Bertz CT molecular complexity index is 1330. The summed E-state index contributed by atoms with van der Waals surface area (Å²) in [5.41, 5.74) is 0.894. The zero-order chi connectivity index (χ0) is 23.9. The summed E-state index contributed by atoms with van der Waals surface area (Å²) in [4.78, 5) is 10.0. The first-order chi connectivity index (χ1) is 16.8. The van der Waals surface area contributed by atoms with Crippen LogP contribution in [0.15, 0.2) is 30.5 Å². The number of benzene rings is 1. The van der Waals surface area contributed by atoms with Crippen LogP contribution >= 0.6 is 11.6 Å². The number of aromatic nitrogens is 4. The topological polar surface area (TPSA) is 53.3 Å². The SMILES string of the molecule is Fc1cnc(N2CC3(C2)CN(c2nnc4n2-c2ccc(Cl)cc2CN(CC2(F)CC2)C4)C3)c(F)c1. The molecule has 1 aromatic carbocycles. The second-order valence-electron chi connectivity index (χ2n) is 10.5. The van der Waals surface area contributed by atoms with Crippen molar-refractivity contribution < 1.29 is 13.2 Å². The molecular weight excluding hydrogens is 479 g/mol. The number of halogens is 4. The number of anilines is 2. The first-order valence-electron chi connectivity index (χ1n) is 11.8. The Hall–Kier alpha value is -2.85. The lowest BCUT2D eigenvalue weighted by atomic mass is 9.73. The van der Waals surface area contributed by atoms with Crippen molar-refractivity contribution >= 4 is 23.4 Å². The van der Waals surface area contributed by atoms with E-state index in [0.717, 1.165) is 48.4 Å². The first kappa shape index (κ1) is 21.4. The van der Waals surface area contributed by atoms with Gasteiger partial charge in [-0.3, -0.25) is 9.47 Å². The molecule has 7 nitrogen and oxygen atoms in total. The van der Waals surface area contributed by atoms with Crippen molar-refractivity contribution in [3.8, 4) is 5.69 Å². The highest BCUT2D eigenvalue weighted by Crippen LogP contribution is 2.45. The van der Waals surface area contributed by atoms with Crippen molar-refractivity contribution in [2.75, 3.05) is 42.5 Å². The van der Waals surface area contributed by atoms with Gasteiger partial charge in [0.05, 0.1) is 18.4 Å². The quantitative estimate of drug-likeness (QED) is 0.543. The van der Waals surface area contributed by atoms with E-state index in [9.17, 15) is 13.2 Å². The van der Waals surface area contributed by atoms with E-state index in [1.807, 2.05) is 23.1 Å². The third kappa shape index (κ3) is 3.57. The van der Waals surface area contributed by atoms with Crippen LogP contribution in [0.3, 0.4) is 0 Å². The summed E-state index contributed by atoms with van der Waals surface area (Å²) in [5.74, 6) is 0.405. The molecule has 1 spiro atoms. The summed E-state index contributed by atoms with van der Waals surface area (Å²) in [5, 5.41) is 9.64. The summed E-state index contributed by atoms with van der Waals surface area (Å²) < 4.78 is 44.0. The summed E-state index contributed by atoms with van der Waals surface area (Å²) in [6.45, 7) is 4.29. The predicted octanol–water partition coefficient (Wildman–Crippen LogP) is 3.74. The molecule has 1 aliphatic carbocycles. The van der Waals surface area contributed by atoms with Crippen molar-refractivity contribution in [3.63, 3.8) is 0 Å². The minimum absolute atomic E-state index is 0.0150. The van der Waals surface area contributed by atoms with E-state index in [4.69, 9.17) is 11.6 Å². The van der Waals surface area contributed by atoms with Gasteiger partial charge in [-0.25, -0.2) is 18.2 Å². The maximum atomic E-state index is 14.6.